The maximum absolute atomic E-state index is 12.5. The minimum Gasteiger partial charge on any atom is -0.303 e. The molecule has 1 aliphatic heterocycles. The van der Waals surface area contributed by atoms with Crippen molar-refractivity contribution in [1.29, 1.82) is 0 Å². The minimum atomic E-state index is -4.05. The Hall–Kier alpha value is -0.580. The number of nitrogens with zero attached hydrogens (tertiary/aromatic N) is 1. The van der Waals surface area contributed by atoms with Gasteiger partial charge in [-0.05, 0) is 38.8 Å². The van der Waals surface area contributed by atoms with Crippen LogP contribution in [0.15, 0.2) is 0 Å². The quantitative estimate of drug-likeness (QED) is 0.749. The van der Waals surface area contributed by atoms with Gasteiger partial charge in [-0.1, -0.05) is 0 Å². The summed E-state index contributed by atoms with van der Waals surface area (Å²) in [6, 6.07) is 0. The van der Waals surface area contributed by atoms with E-state index in [1.807, 2.05) is 4.90 Å². The molecule has 1 unspecified atom stereocenters. The summed E-state index contributed by atoms with van der Waals surface area (Å²) >= 11 is 0. The molecule has 1 atom stereocenters. The molecule has 0 N–H and O–H groups in total. The van der Waals surface area contributed by atoms with Crippen LogP contribution in [0, 0.1) is 11.8 Å². The predicted molar refractivity (Wildman–Crippen MR) is 57.6 cm³/mol. The smallest absolute Gasteiger partial charge is 0.303 e. The number of ketones is 1. The zero-order valence-corrected chi connectivity index (χ0v) is 9.80. The Morgan fingerprint density at radius 2 is 1.82 bits per heavy atom. The highest BCUT2D eigenvalue weighted by Crippen LogP contribution is 2.34. The average Bonchev–Trinajstić information content (AvgIpc) is 2.64. The van der Waals surface area contributed by atoms with Crippen molar-refractivity contribution < 1.29 is 18.0 Å². The lowest BCUT2D eigenvalue weighted by Gasteiger charge is -2.33. The van der Waals surface area contributed by atoms with E-state index in [-0.39, 0.29) is 18.8 Å². The second-order valence-electron chi connectivity index (χ2n) is 5.17. The summed E-state index contributed by atoms with van der Waals surface area (Å²) in [6.07, 6.45) is -1.16. The van der Waals surface area contributed by atoms with E-state index < -0.39 is 12.1 Å². The van der Waals surface area contributed by atoms with E-state index in [1.165, 1.54) is 0 Å². The van der Waals surface area contributed by atoms with Crippen LogP contribution in [-0.2, 0) is 4.79 Å². The van der Waals surface area contributed by atoms with Crippen LogP contribution in [0.2, 0.25) is 0 Å². The van der Waals surface area contributed by atoms with E-state index in [1.54, 1.807) is 0 Å². The van der Waals surface area contributed by atoms with Gasteiger partial charge >= 0.3 is 6.18 Å². The minimum absolute atomic E-state index is 0.0810. The Labute approximate surface area is 99.2 Å². The second kappa shape index (κ2) is 4.96. The van der Waals surface area contributed by atoms with Crippen molar-refractivity contribution in [2.75, 3.05) is 19.6 Å². The first-order chi connectivity index (χ1) is 7.97. The Morgan fingerprint density at radius 1 is 1.18 bits per heavy atom. The SMILES string of the molecule is O=C1CCCC1CN1CCC(C(F)(F)F)CC1. The molecule has 1 heterocycles. The number of piperidine rings is 1. The molecular formula is C12H18F3NO. The molecule has 0 bridgehead atoms. The topological polar surface area (TPSA) is 20.3 Å². The van der Waals surface area contributed by atoms with E-state index in [2.05, 4.69) is 0 Å². The monoisotopic (exact) mass is 249 g/mol. The van der Waals surface area contributed by atoms with Crippen molar-refractivity contribution >= 4 is 5.78 Å². The van der Waals surface area contributed by atoms with E-state index in [9.17, 15) is 18.0 Å². The predicted octanol–water partition coefficient (Wildman–Crippen LogP) is 2.63. The van der Waals surface area contributed by atoms with Crippen molar-refractivity contribution in [2.24, 2.45) is 11.8 Å². The summed E-state index contributed by atoms with van der Waals surface area (Å²) < 4.78 is 37.4. The van der Waals surface area contributed by atoms with Gasteiger partial charge in [-0.2, -0.15) is 13.2 Å². The summed E-state index contributed by atoms with van der Waals surface area (Å²) in [4.78, 5) is 13.5. The number of alkyl halides is 3. The zero-order chi connectivity index (χ0) is 12.5. The molecule has 0 aromatic rings. The molecule has 17 heavy (non-hydrogen) atoms. The third-order valence-electron chi connectivity index (χ3n) is 3.96. The van der Waals surface area contributed by atoms with Gasteiger partial charge in [-0.25, -0.2) is 0 Å². The van der Waals surface area contributed by atoms with Crippen LogP contribution >= 0.6 is 0 Å². The summed E-state index contributed by atoms with van der Waals surface area (Å²) in [6.45, 7) is 1.63. The molecule has 0 radical (unpaired) electrons. The third kappa shape index (κ3) is 3.21. The van der Waals surface area contributed by atoms with Gasteiger partial charge in [-0.3, -0.25) is 4.79 Å². The van der Waals surface area contributed by atoms with Crippen molar-refractivity contribution in [3.05, 3.63) is 0 Å². The van der Waals surface area contributed by atoms with Crippen LogP contribution in [0.25, 0.3) is 0 Å². The summed E-state index contributed by atoms with van der Waals surface area (Å²) in [5.74, 6) is -0.765. The lowest BCUT2D eigenvalue weighted by Crippen LogP contribution is -2.41. The highest BCUT2D eigenvalue weighted by Gasteiger charge is 2.41. The Morgan fingerprint density at radius 3 is 2.29 bits per heavy atom. The third-order valence-corrected chi connectivity index (χ3v) is 3.96. The summed E-state index contributed by atoms with van der Waals surface area (Å²) in [5.41, 5.74) is 0. The van der Waals surface area contributed by atoms with Crippen LogP contribution in [0.4, 0.5) is 13.2 Å². The Balaban J connectivity index is 1.77. The van der Waals surface area contributed by atoms with Gasteiger partial charge in [-0.15, -0.1) is 0 Å². The zero-order valence-electron chi connectivity index (χ0n) is 9.80. The van der Waals surface area contributed by atoms with Crippen LogP contribution in [0.5, 0.6) is 0 Å². The molecule has 2 rings (SSSR count). The molecule has 1 aliphatic carbocycles. The summed E-state index contributed by atoms with van der Waals surface area (Å²) in [7, 11) is 0. The average molecular weight is 249 g/mol. The Kier molecular flexibility index (Phi) is 3.76. The first-order valence-corrected chi connectivity index (χ1v) is 6.28. The number of Topliss-reactive ketones (excluding diaryl/α,β-unsaturated/α-hetero) is 1. The van der Waals surface area contributed by atoms with E-state index in [0.717, 1.165) is 12.8 Å². The maximum Gasteiger partial charge on any atom is 0.391 e. The first kappa shape index (κ1) is 12.9. The highest BCUT2D eigenvalue weighted by atomic mass is 19.4. The molecule has 0 aromatic heterocycles. The molecular weight excluding hydrogens is 231 g/mol. The second-order valence-corrected chi connectivity index (χ2v) is 5.17. The number of hydrogen-bond donors (Lipinski definition) is 0. The molecule has 0 aromatic carbocycles. The molecule has 0 spiro atoms. The van der Waals surface area contributed by atoms with Crippen LogP contribution in [0.1, 0.15) is 32.1 Å². The number of likely N-dealkylation sites (tertiary alicyclic amines) is 1. The van der Waals surface area contributed by atoms with Gasteiger partial charge in [0.15, 0.2) is 0 Å². The lowest BCUT2D eigenvalue weighted by atomic mass is 9.95. The molecule has 98 valence electrons. The summed E-state index contributed by atoms with van der Waals surface area (Å²) in [5, 5.41) is 0. The van der Waals surface area contributed by atoms with E-state index >= 15 is 0 Å². The molecule has 2 aliphatic rings. The van der Waals surface area contributed by atoms with Gasteiger partial charge in [0.2, 0.25) is 0 Å². The number of carbonyl (C=O) groups excluding carboxylic acids is 1. The van der Waals surface area contributed by atoms with Crippen molar-refractivity contribution in [2.45, 2.75) is 38.3 Å². The Bertz CT molecular complexity index is 282. The lowest BCUT2D eigenvalue weighted by molar-refractivity contribution is -0.185. The molecule has 2 nitrogen and oxygen atoms in total. The number of carbonyl (C=O) groups is 1. The van der Waals surface area contributed by atoms with Crippen molar-refractivity contribution in [1.82, 2.24) is 4.90 Å². The fraction of sp³-hybridized carbons (Fsp3) is 0.917. The van der Waals surface area contributed by atoms with Crippen molar-refractivity contribution in [3.8, 4) is 0 Å². The highest BCUT2D eigenvalue weighted by molar-refractivity contribution is 5.83. The van der Waals surface area contributed by atoms with Gasteiger partial charge in [0.1, 0.15) is 5.78 Å². The number of halogens is 3. The van der Waals surface area contributed by atoms with Gasteiger partial charge in [0, 0.05) is 18.9 Å². The molecule has 1 saturated carbocycles. The number of rotatable bonds is 2. The van der Waals surface area contributed by atoms with E-state index in [4.69, 9.17) is 0 Å². The standard InChI is InChI=1S/C12H18F3NO/c13-12(14,15)10-4-6-16(7-5-10)8-9-2-1-3-11(9)17/h9-10H,1-8H2. The van der Waals surface area contributed by atoms with Crippen molar-refractivity contribution in [3.63, 3.8) is 0 Å². The van der Waals surface area contributed by atoms with Gasteiger partial charge < -0.3 is 4.90 Å². The fourth-order valence-corrected chi connectivity index (χ4v) is 2.84. The van der Waals surface area contributed by atoms with Gasteiger partial charge in [0.05, 0.1) is 5.92 Å². The molecule has 5 heteroatoms. The van der Waals surface area contributed by atoms with Crippen LogP contribution in [0.3, 0.4) is 0 Å². The molecule has 1 saturated heterocycles. The molecule has 0 amide bonds. The van der Waals surface area contributed by atoms with Crippen LogP contribution < -0.4 is 0 Å². The fourth-order valence-electron chi connectivity index (χ4n) is 2.84. The first-order valence-electron chi connectivity index (χ1n) is 6.28. The molecule has 2 fully saturated rings. The largest absolute Gasteiger partial charge is 0.391 e. The van der Waals surface area contributed by atoms with Gasteiger partial charge in [0.25, 0.3) is 0 Å². The normalized spacial score (nSPS) is 28.9. The van der Waals surface area contributed by atoms with Crippen LogP contribution in [-0.4, -0.2) is 36.5 Å². The van der Waals surface area contributed by atoms with E-state index in [0.29, 0.717) is 31.8 Å². The maximum atomic E-state index is 12.5. The number of hydrogen-bond acceptors (Lipinski definition) is 2.